The van der Waals surface area contributed by atoms with Gasteiger partial charge in [0.2, 0.25) is 0 Å². The topological polar surface area (TPSA) is 265 Å². The molecule has 9 aromatic heterocycles. The van der Waals surface area contributed by atoms with Crippen molar-refractivity contribution < 1.29 is 8.78 Å². The van der Waals surface area contributed by atoms with Crippen LogP contribution < -0.4 is 32.6 Å². The molecule has 5 aromatic carbocycles. The van der Waals surface area contributed by atoms with Crippen molar-refractivity contribution in [2.75, 3.05) is 16.0 Å². The van der Waals surface area contributed by atoms with Crippen molar-refractivity contribution in [3.8, 4) is 11.4 Å². The number of nitrogens with zero attached hydrogens (tertiary/aromatic N) is 12. The third-order valence-electron chi connectivity index (χ3n) is 15.8. The maximum atomic E-state index is 14.0. The number of halogens is 3. The lowest BCUT2D eigenvalue weighted by Gasteiger charge is -2.22. The first kappa shape index (κ1) is 57.0. The van der Waals surface area contributed by atoms with Crippen LogP contribution in [0.2, 0.25) is 5.02 Å². The van der Waals surface area contributed by atoms with E-state index in [2.05, 4.69) is 75.8 Å². The van der Waals surface area contributed by atoms with Crippen molar-refractivity contribution in [2.45, 2.75) is 71.6 Å². The predicted octanol–water partition coefficient (Wildman–Crippen LogP) is 12.4. The highest BCUT2D eigenvalue weighted by atomic mass is 35.5. The van der Waals surface area contributed by atoms with Gasteiger partial charge in [-0.25, -0.2) is 53.6 Å². The van der Waals surface area contributed by atoms with Crippen LogP contribution in [0.15, 0.2) is 174 Å². The van der Waals surface area contributed by atoms with Gasteiger partial charge in [0.15, 0.2) is 34.4 Å². The normalized spacial score (nSPS) is 13.3. The summed E-state index contributed by atoms with van der Waals surface area (Å²) in [5, 5.41) is 15.0. The first-order valence-electron chi connectivity index (χ1n) is 28.6. The van der Waals surface area contributed by atoms with Crippen LogP contribution in [-0.2, 0) is 0 Å². The van der Waals surface area contributed by atoms with Crippen molar-refractivity contribution in [3.63, 3.8) is 0 Å². The van der Waals surface area contributed by atoms with Crippen LogP contribution in [0.25, 0.3) is 77.2 Å². The first-order valence-corrected chi connectivity index (χ1v) is 28.9. The van der Waals surface area contributed by atoms with Crippen molar-refractivity contribution in [1.82, 2.24) is 73.5 Å². The Kier molecular flexibility index (Phi) is 15.2. The summed E-state index contributed by atoms with van der Waals surface area (Å²) in [6.45, 7) is 9.71. The molecule has 0 radical (unpaired) electrons. The van der Waals surface area contributed by atoms with Crippen LogP contribution in [0.1, 0.15) is 86.0 Å². The number of fused-ring (bicyclic) bond motifs is 6. The van der Waals surface area contributed by atoms with Crippen LogP contribution in [0.5, 0.6) is 0 Å². The van der Waals surface area contributed by atoms with Crippen molar-refractivity contribution in [2.24, 2.45) is 0 Å². The molecule has 1 fully saturated rings. The van der Waals surface area contributed by atoms with Gasteiger partial charge >= 0.3 is 0 Å². The number of rotatable bonds is 12. The summed E-state index contributed by atoms with van der Waals surface area (Å²) in [6, 6.07) is 34.5. The number of imidazole rings is 3. The molecule has 89 heavy (non-hydrogen) atoms. The molecule has 24 heteroatoms. The SMILES string of the molecule is C[C@H](Nc1ncnc2nc[nH]c12)c1cc2cccc(Cl)c2c(=O)n1C1CC1.Cc1cccc2cc([C@H](C)Nc3ncnc4nc[nH]c34)n(-c3ccc(F)cc3)c(=O)c12.Cc1cccc2cc([C@H](C)Nc3ncnc4nc[nH]c34)n(-c3cccc(F)c3)c(=O)c12. The standard InChI is InChI=1S/2C23H19FN6O.C19H17ClN6O/c1-13-5-3-6-15-9-18(14(2)29-22-20-21(26-11-25-20)27-12-28-22)30(23(31)19(13)15)17-8-4-7-16(24)10-17;1-13-4-3-5-15-10-18(14(2)29-22-20-21(26-11-25-20)27-12-28-22)30(23(31)19(13)15)17-8-6-16(24)7-9-17;1-10(25-18-16-17(22-8-21-16)23-9-24-18)14-7-11-3-2-4-13(20)15(11)19(27)26(14)12-5-6-12/h2*3-12,14H,1-2H3,(H2,25,26,27,28,29);2-4,7-10,12H,5-6H2,1H3,(H2,21,22,23,24,25)/t2*14-;10-/m000/s1. The van der Waals surface area contributed by atoms with E-state index in [0.29, 0.717) is 83.7 Å². The zero-order valence-corrected chi connectivity index (χ0v) is 49.2. The zero-order valence-electron chi connectivity index (χ0n) is 48.5. The smallest absolute Gasteiger partial charge is 0.263 e. The van der Waals surface area contributed by atoms with E-state index in [1.165, 1.54) is 43.2 Å². The molecule has 1 aliphatic rings. The molecule has 9 heterocycles. The lowest BCUT2D eigenvalue weighted by Crippen LogP contribution is -2.26. The average Bonchev–Trinajstić information content (AvgIpc) is 2.30. The van der Waals surface area contributed by atoms with Crippen molar-refractivity contribution >= 4 is 94.9 Å². The van der Waals surface area contributed by atoms with E-state index in [9.17, 15) is 23.2 Å². The first-order chi connectivity index (χ1) is 43.2. The molecule has 6 N–H and O–H groups in total. The van der Waals surface area contributed by atoms with Gasteiger partial charge in [-0.3, -0.25) is 23.5 Å². The summed E-state index contributed by atoms with van der Waals surface area (Å²) in [4.78, 5) is 87.3. The second kappa shape index (κ2) is 23.7. The molecule has 0 saturated heterocycles. The summed E-state index contributed by atoms with van der Waals surface area (Å²) in [7, 11) is 0. The van der Waals surface area contributed by atoms with Crippen molar-refractivity contribution in [3.05, 3.63) is 235 Å². The second-order valence-electron chi connectivity index (χ2n) is 21.7. The van der Waals surface area contributed by atoms with E-state index >= 15 is 0 Å². The number of hydrogen-bond acceptors (Lipinski definition) is 15. The van der Waals surface area contributed by atoms with Crippen molar-refractivity contribution in [1.29, 1.82) is 0 Å². The van der Waals surface area contributed by atoms with E-state index in [1.807, 2.05) is 106 Å². The van der Waals surface area contributed by atoms with Crippen LogP contribution in [0, 0.1) is 25.5 Å². The summed E-state index contributed by atoms with van der Waals surface area (Å²) in [6.07, 6.45) is 11.1. The number of aromatic amines is 3. The number of pyridine rings is 3. The Labute approximate surface area is 509 Å². The summed E-state index contributed by atoms with van der Waals surface area (Å²) < 4.78 is 32.7. The van der Waals surface area contributed by atoms with Crippen LogP contribution in [-0.4, -0.2) is 73.5 Å². The van der Waals surface area contributed by atoms with Gasteiger partial charge in [0, 0.05) is 28.8 Å². The van der Waals surface area contributed by atoms with Gasteiger partial charge in [-0.15, -0.1) is 0 Å². The zero-order chi connectivity index (χ0) is 61.6. The number of hydrogen-bond donors (Lipinski definition) is 6. The number of aromatic nitrogens is 15. The molecular formula is C65H55ClF2N18O3. The van der Waals surface area contributed by atoms with E-state index in [0.717, 1.165) is 57.0 Å². The Morgan fingerprint density at radius 3 is 1.37 bits per heavy atom. The monoisotopic (exact) mass is 1210 g/mol. The van der Waals surface area contributed by atoms with Crippen LogP contribution in [0.3, 0.4) is 0 Å². The van der Waals surface area contributed by atoms with Crippen LogP contribution >= 0.6 is 11.6 Å². The highest BCUT2D eigenvalue weighted by Gasteiger charge is 2.30. The lowest BCUT2D eigenvalue weighted by atomic mass is 10.0. The Morgan fingerprint density at radius 1 is 0.472 bits per heavy atom. The fourth-order valence-electron chi connectivity index (χ4n) is 11.3. The third-order valence-corrected chi connectivity index (χ3v) is 16.1. The second-order valence-corrected chi connectivity index (χ2v) is 22.1. The Hall–Kier alpha value is -11.1. The van der Waals surface area contributed by atoms with Gasteiger partial charge in [-0.2, -0.15) is 0 Å². The molecule has 1 saturated carbocycles. The Morgan fingerprint density at radius 2 is 0.899 bits per heavy atom. The molecule has 0 spiro atoms. The third kappa shape index (κ3) is 11.0. The largest absolute Gasteiger partial charge is 0.360 e. The minimum Gasteiger partial charge on any atom is -0.360 e. The number of nitrogens with one attached hydrogen (secondary N) is 6. The molecule has 1 aliphatic carbocycles. The minimum absolute atomic E-state index is 0.0291. The van der Waals surface area contributed by atoms with E-state index in [-0.39, 0.29) is 46.7 Å². The maximum Gasteiger partial charge on any atom is 0.263 e. The lowest BCUT2D eigenvalue weighted by molar-refractivity contribution is 0.625. The molecule has 3 atom stereocenters. The molecule has 0 aliphatic heterocycles. The molecule has 0 unspecified atom stereocenters. The fraction of sp³-hybridized carbons (Fsp3) is 0.169. The molecule has 21 nitrogen and oxygen atoms in total. The fourth-order valence-corrected chi connectivity index (χ4v) is 11.6. The Bertz CT molecular complexity index is 5210. The summed E-state index contributed by atoms with van der Waals surface area (Å²) >= 11 is 6.32. The van der Waals surface area contributed by atoms with Gasteiger partial charge in [0.05, 0.1) is 64.0 Å². The molecule has 14 aromatic rings. The average molecular weight is 1210 g/mol. The minimum atomic E-state index is -0.407. The van der Waals surface area contributed by atoms with Gasteiger partial charge < -0.3 is 35.5 Å². The summed E-state index contributed by atoms with van der Waals surface area (Å²) in [5.74, 6) is 1.04. The van der Waals surface area contributed by atoms with Gasteiger partial charge in [0.1, 0.15) is 47.2 Å². The Balaban J connectivity index is 0.000000123. The highest BCUT2D eigenvalue weighted by molar-refractivity contribution is 6.35. The summed E-state index contributed by atoms with van der Waals surface area (Å²) in [5.41, 5.74) is 8.56. The van der Waals surface area contributed by atoms with E-state index in [1.54, 1.807) is 58.4 Å². The molecule has 0 bridgehead atoms. The van der Waals surface area contributed by atoms with Gasteiger partial charge in [-0.05, 0) is 141 Å². The van der Waals surface area contributed by atoms with Gasteiger partial charge in [0.25, 0.3) is 16.7 Å². The molecule has 0 amide bonds. The number of benzene rings is 5. The number of aryl methyl sites for hydroxylation is 2. The number of H-pyrrole nitrogens is 3. The quantitative estimate of drug-likeness (QED) is 0.0664. The van der Waals surface area contributed by atoms with E-state index < -0.39 is 5.82 Å². The molecular weight excluding hydrogens is 1150 g/mol. The molecule has 444 valence electrons. The van der Waals surface area contributed by atoms with Gasteiger partial charge in [-0.1, -0.05) is 66.2 Å². The predicted molar refractivity (Wildman–Crippen MR) is 341 cm³/mol. The van der Waals surface area contributed by atoms with Crippen LogP contribution in [0.4, 0.5) is 26.2 Å². The van der Waals surface area contributed by atoms with E-state index in [4.69, 9.17) is 11.6 Å². The highest BCUT2D eigenvalue weighted by Crippen LogP contribution is 2.38. The number of anilines is 3. The molecule has 15 rings (SSSR count). The maximum absolute atomic E-state index is 14.0.